The van der Waals surface area contributed by atoms with Crippen molar-refractivity contribution < 1.29 is 8.83 Å². The summed E-state index contributed by atoms with van der Waals surface area (Å²) in [5.41, 5.74) is 4.69. The lowest BCUT2D eigenvalue weighted by Crippen LogP contribution is -1.74. The second kappa shape index (κ2) is 4.42. The Morgan fingerprint density at radius 3 is 2.32 bits per heavy atom. The van der Waals surface area contributed by atoms with Crippen LogP contribution < -0.4 is 0 Å². The Morgan fingerprint density at radius 2 is 1.36 bits per heavy atom. The highest BCUT2D eigenvalue weighted by molar-refractivity contribution is 6.24. The van der Waals surface area contributed by atoms with E-state index in [1.165, 1.54) is 16.3 Å². The summed E-state index contributed by atoms with van der Waals surface area (Å²) in [4.78, 5) is 0. The van der Waals surface area contributed by atoms with Gasteiger partial charge in [-0.3, -0.25) is 0 Å². The van der Waals surface area contributed by atoms with Crippen LogP contribution in [-0.4, -0.2) is 0 Å². The average molecular weight is 322 g/mol. The molecule has 0 radical (unpaired) electrons. The standard InChI is InChI=1S/C23H14O2/c1-13-6-10-19-18(12-13)16-8-9-17-21-15-5-3-2-4-14(15)7-11-20(21)25-23(17)22(16)24-19/h2-12H,1H3. The Bertz CT molecular complexity index is 1450. The molecule has 0 bridgehead atoms. The number of rotatable bonds is 0. The molecule has 0 unspecified atom stereocenters. The smallest absolute Gasteiger partial charge is 0.178 e. The number of aryl methyl sites for hydroxylation is 1. The van der Waals surface area contributed by atoms with E-state index in [-0.39, 0.29) is 0 Å². The van der Waals surface area contributed by atoms with Gasteiger partial charge in [0, 0.05) is 21.5 Å². The van der Waals surface area contributed by atoms with Crippen LogP contribution in [0.4, 0.5) is 0 Å². The first kappa shape index (κ1) is 13.1. The molecule has 0 fully saturated rings. The molecule has 0 aliphatic heterocycles. The van der Waals surface area contributed by atoms with Crippen molar-refractivity contribution in [1.82, 2.24) is 0 Å². The zero-order valence-corrected chi connectivity index (χ0v) is 13.7. The van der Waals surface area contributed by atoms with Gasteiger partial charge in [-0.05, 0) is 48.0 Å². The van der Waals surface area contributed by atoms with Crippen molar-refractivity contribution in [1.29, 1.82) is 0 Å². The van der Waals surface area contributed by atoms with Crippen LogP contribution in [0.1, 0.15) is 5.56 Å². The van der Waals surface area contributed by atoms with Crippen molar-refractivity contribution in [2.75, 3.05) is 0 Å². The molecule has 118 valence electrons. The minimum Gasteiger partial charge on any atom is -0.452 e. The Labute approximate surface area is 143 Å². The number of hydrogen-bond acceptors (Lipinski definition) is 2. The van der Waals surface area contributed by atoms with Crippen LogP contribution in [0.2, 0.25) is 0 Å². The van der Waals surface area contributed by atoms with Gasteiger partial charge in [-0.15, -0.1) is 0 Å². The summed E-state index contributed by atoms with van der Waals surface area (Å²) in [6.07, 6.45) is 0. The molecule has 2 aromatic heterocycles. The highest BCUT2D eigenvalue weighted by atomic mass is 16.4. The third kappa shape index (κ3) is 1.64. The van der Waals surface area contributed by atoms with E-state index in [2.05, 4.69) is 67.6 Å². The summed E-state index contributed by atoms with van der Waals surface area (Å²) in [5, 5.41) is 6.95. The third-order valence-corrected chi connectivity index (χ3v) is 5.12. The molecule has 0 aliphatic carbocycles. The fraction of sp³-hybridized carbons (Fsp3) is 0.0435. The lowest BCUT2D eigenvalue weighted by atomic mass is 10.0. The Balaban J connectivity index is 1.87. The topological polar surface area (TPSA) is 26.3 Å². The largest absolute Gasteiger partial charge is 0.452 e. The van der Waals surface area contributed by atoms with Gasteiger partial charge in [-0.1, -0.05) is 42.0 Å². The number of hydrogen-bond donors (Lipinski definition) is 0. The zero-order chi connectivity index (χ0) is 16.5. The van der Waals surface area contributed by atoms with Crippen molar-refractivity contribution in [3.05, 3.63) is 72.3 Å². The van der Waals surface area contributed by atoms with E-state index in [0.717, 1.165) is 43.9 Å². The molecule has 0 N–H and O–H groups in total. The van der Waals surface area contributed by atoms with Gasteiger partial charge in [0.05, 0.1) is 0 Å². The SMILES string of the molecule is Cc1ccc2oc3c(ccc4c3oc3ccc5ccccc5c34)c2c1. The molecule has 25 heavy (non-hydrogen) atoms. The minimum absolute atomic E-state index is 0.831. The quantitative estimate of drug-likeness (QED) is 0.302. The first-order valence-electron chi connectivity index (χ1n) is 8.45. The summed E-state index contributed by atoms with van der Waals surface area (Å²) in [7, 11) is 0. The van der Waals surface area contributed by atoms with Gasteiger partial charge in [0.25, 0.3) is 0 Å². The van der Waals surface area contributed by atoms with Gasteiger partial charge in [0.15, 0.2) is 11.2 Å². The van der Waals surface area contributed by atoms with Crippen LogP contribution in [0.15, 0.2) is 75.6 Å². The van der Waals surface area contributed by atoms with Crippen LogP contribution in [0.3, 0.4) is 0 Å². The highest BCUT2D eigenvalue weighted by Gasteiger charge is 2.17. The molecule has 2 heterocycles. The lowest BCUT2D eigenvalue weighted by molar-refractivity contribution is 0.633. The maximum atomic E-state index is 6.24. The normalized spacial score (nSPS) is 12.2. The van der Waals surface area contributed by atoms with Crippen LogP contribution in [-0.2, 0) is 0 Å². The van der Waals surface area contributed by atoms with E-state index >= 15 is 0 Å². The summed E-state index contributed by atoms with van der Waals surface area (Å²) in [6, 6.07) is 23.2. The van der Waals surface area contributed by atoms with Crippen molar-refractivity contribution in [2.24, 2.45) is 0 Å². The minimum atomic E-state index is 0.831. The molecule has 0 spiro atoms. The average Bonchev–Trinajstić information content (AvgIpc) is 3.19. The maximum absolute atomic E-state index is 6.24. The van der Waals surface area contributed by atoms with Gasteiger partial charge in [0.1, 0.15) is 11.2 Å². The molecule has 0 saturated carbocycles. The maximum Gasteiger partial charge on any atom is 0.178 e. The Kier molecular flexibility index (Phi) is 2.31. The van der Waals surface area contributed by atoms with Crippen LogP contribution >= 0.6 is 0 Å². The fourth-order valence-corrected chi connectivity index (χ4v) is 3.95. The van der Waals surface area contributed by atoms with Gasteiger partial charge in [0.2, 0.25) is 0 Å². The zero-order valence-electron chi connectivity index (χ0n) is 13.7. The van der Waals surface area contributed by atoms with Crippen molar-refractivity contribution in [2.45, 2.75) is 6.92 Å². The number of furan rings is 2. The van der Waals surface area contributed by atoms with E-state index in [1.807, 2.05) is 6.07 Å². The summed E-state index contributed by atoms with van der Waals surface area (Å²) in [5.74, 6) is 0. The third-order valence-electron chi connectivity index (χ3n) is 5.12. The summed E-state index contributed by atoms with van der Waals surface area (Å²) in [6.45, 7) is 2.10. The summed E-state index contributed by atoms with van der Waals surface area (Å²) < 4.78 is 12.4. The molecule has 0 saturated heterocycles. The van der Waals surface area contributed by atoms with E-state index < -0.39 is 0 Å². The fourth-order valence-electron chi connectivity index (χ4n) is 3.95. The predicted molar refractivity (Wildman–Crippen MR) is 103 cm³/mol. The van der Waals surface area contributed by atoms with Crippen molar-refractivity contribution >= 4 is 54.6 Å². The summed E-state index contributed by atoms with van der Waals surface area (Å²) >= 11 is 0. The van der Waals surface area contributed by atoms with E-state index in [0.29, 0.717) is 0 Å². The Morgan fingerprint density at radius 1 is 0.600 bits per heavy atom. The van der Waals surface area contributed by atoms with Crippen LogP contribution in [0.5, 0.6) is 0 Å². The molecular formula is C23H14O2. The number of fused-ring (bicyclic) bond motifs is 9. The van der Waals surface area contributed by atoms with E-state index in [9.17, 15) is 0 Å². The van der Waals surface area contributed by atoms with Gasteiger partial charge in [-0.2, -0.15) is 0 Å². The first-order valence-corrected chi connectivity index (χ1v) is 8.45. The van der Waals surface area contributed by atoms with E-state index in [1.54, 1.807) is 0 Å². The lowest BCUT2D eigenvalue weighted by Gasteiger charge is -1.98. The molecule has 2 heteroatoms. The molecular weight excluding hydrogens is 308 g/mol. The highest BCUT2D eigenvalue weighted by Crippen LogP contribution is 2.40. The molecule has 0 aliphatic rings. The van der Waals surface area contributed by atoms with Gasteiger partial charge in [-0.25, -0.2) is 0 Å². The molecule has 2 nitrogen and oxygen atoms in total. The Hall–Kier alpha value is -3.26. The monoisotopic (exact) mass is 322 g/mol. The second-order valence-corrected chi connectivity index (χ2v) is 6.68. The first-order chi connectivity index (χ1) is 12.3. The number of benzene rings is 4. The van der Waals surface area contributed by atoms with Gasteiger partial charge < -0.3 is 8.83 Å². The molecule has 6 aromatic rings. The van der Waals surface area contributed by atoms with Crippen LogP contribution in [0.25, 0.3) is 54.6 Å². The van der Waals surface area contributed by atoms with Crippen molar-refractivity contribution in [3.8, 4) is 0 Å². The molecule has 6 rings (SSSR count). The van der Waals surface area contributed by atoms with Crippen molar-refractivity contribution in [3.63, 3.8) is 0 Å². The van der Waals surface area contributed by atoms with E-state index in [4.69, 9.17) is 8.83 Å². The second-order valence-electron chi connectivity index (χ2n) is 6.68. The predicted octanol–water partition coefficient (Wildman–Crippen LogP) is 6.95. The van der Waals surface area contributed by atoms with Crippen LogP contribution in [0, 0.1) is 6.92 Å². The van der Waals surface area contributed by atoms with Gasteiger partial charge >= 0.3 is 0 Å². The molecule has 0 amide bonds. The molecule has 0 atom stereocenters. The molecule has 4 aromatic carbocycles.